The Balaban J connectivity index is 2.21. The van der Waals surface area contributed by atoms with Crippen LogP contribution in [0.25, 0.3) is 0 Å². The van der Waals surface area contributed by atoms with Crippen molar-refractivity contribution in [2.24, 2.45) is 0 Å². The fraction of sp³-hybridized carbons (Fsp3) is 0.176. The smallest absolute Gasteiger partial charge is 0.337 e. The number of hydrogen-bond acceptors (Lipinski definition) is 4. The van der Waals surface area contributed by atoms with Crippen molar-refractivity contribution in [3.8, 4) is 5.75 Å². The molecule has 1 amide bonds. The van der Waals surface area contributed by atoms with Crippen molar-refractivity contribution < 1.29 is 19.1 Å². The number of rotatable bonds is 4. The SMILES string of the molecule is COC(=O)c1ccc(C)c(NC(=O)c2ccc(OC)cc2)c1. The predicted molar refractivity (Wildman–Crippen MR) is 83.5 cm³/mol. The van der Waals surface area contributed by atoms with Crippen molar-refractivity contribution in [1.29, 1.82) is 0 Å². The van der Waals surface area contributed by atoms with E-state index in [2.05, 4.69) is 10.1 Å². The Bertz CT molecular complexity index is 692. The minimum Gasteiger partial charge on any atom is -0.497 e. The normalized spacial score (nSPS) is 9.95. The summed E-state index contributed by atoms with van der Waals surface area (Å²) in [7, 11) is 2.88. The molecule has 22 heavy (non-hydrogen) atoms. The fourth-order valence-electron chi connectivity index (χ4n) is 1.94. The van der Waals surface area contributed by atoms with Crippen molar-refractivity contribution in [1.82, 2.24) is 0 Å². The molecular weight excluding hydrogens is 282 g/mol. The Kier molecular flexibility index (Phi) is 4.78. The number of carbonyl (C=O) groups excluding carboxylic acids is 2. The third kappa shape index (κ3) is 3.44. The molecule has 0 radical (unpaired) electrons. The Labute approximate surface area is 128 Å². The number of esters is 1. The standard InChI is InChI=1S/C17H17NO4/c1-11-4-5-13(17(20)22-3)10-15(11)18-16(19)12-6-8-14(21-2)9-7-12/h4-10H,1-3H3,(H,18,19). The van der Waals surface area contributed by atoms with Crippen LogP contribution in [0, 0.1) is 6.92 Å². The number of anilines is 1. The Hall–Kier alpha value is -2.82. The van der Waals surface area contributed by atoms with Gasteiger partial charge < -0.3 is 14.8 Å². The monoisotopic (exact) mass is 299 g/mol. The zero-order valence-electron chi connectivity index (χ0n) is 12.7. The number of ether oxygens (including phenoxy) is 2. The van der Waals surface area contributed by atoms with E-state index >= 15 is 0 Å². The van der Waals surface area contributed by atoms with Crippen LogP contribution in [0.4, 0.5) is 5.69 Å². The van der Waals surface area contributed by atoms with Crippen molar-refractivity contribution in [3.05, 3.63) is 59.2 Å². The maximum absolute atomic E-state index is 12.2. The quantitative estimate of drug-likeness (QED) is 0.881. The van der Waals surface area contributed by atoms with Crippen molar-refractivity contribution in [2.45, 2.75) is 6.92 Å². The van der Waals surface area contributed by atoms with Gasteiger partial charge in [-0.15, -0.1) is 0 Å². The van der Waals surface area contributed by atoms with Crippen LogP contribution in [0.1, 0.15) is 26.3 Å². The molecule has 0 aromatic heterocycles. The van der Waals surface area contributed by atoms with Gasteiger partial charge in [-0.3, -0.25) is 4.79 Å². The molecule has 0 fully saturated rings. The Morgan fingerprint density at radius 2 is 1.59 bits per heavy atom. The van der Waals surface area contributed by atoms with Crippen molar-refractivity contribution in [3.63, 3.8) is 0 Å². The van der Waals surface area contributed by atoms with Crippen LogP contribution >= 0.6 is 0 Å². The summed E-state index contributed by atoms with van der Waals surface area (Å²) in [5.74, 6) is -0.0202. The van der Waals surface area contributed by atoms with Gasteiger partial charge in [0.1, 0.15) is 5.75 Å². The molecule has 2 aromatic carbocycles. The molecule has 5 nitrogen and oxygen atoms in total. The molecule has 2 rings (SSSR count). The first-order valence-corrected chi connectivity index (χ1v) is 6.69. The first-order valence-electron chi connectivity index (χ1n) is 6.69. The second-order valence-corrected chi connectivity index (χ2v) is 4.70. The lowest BCUT2D eigenvalue weighted by Gasteiger charge is -2.10. The van der Waals surface area contributed by atoms with E-state index in [0.29, 0.717) is 22.6 Å². The molecule has 0 spiro atoms. The lowest BCUT2D eigenvalue weighted by Crippen LogP contribution is -2.13. The number of methoxy groups -OCH3 is 2. The third-order valence-corrected chi connectivity index (χ3v) is 3.26. The maximum Gasteiger partial charge on any atom is 0.337 e. The molecule has 0 saturated carbocycles. The lowest BCUT2D eigenvalue weighted by molar-refractivity contribution is 0.0600. The minimum atomic E-state index is -0.444. The van der Waals surface area contributed by atoms with E-state index in [1.54, 1.807) is 49.6 Å². The average molecular weight is 299 g/mol. The van der Waals surface area contributed by atoms with Gasteiger partial charge in [0.05, 0.1) is 19.8 Å². The molecule has 0 unspecified atom stereocenters. The van der Waals surface area contributed by atoms with Crippen LogP contribution < -0.4 is 10.1 Å². The zero-order valence-corrected chi connectivity index (χ0v) is 12.7. The molecule has 0 saturated heterocycles. The van der Waals surface area contributed by atoms with Gasteiger partial charge in [0.2, 0.25) is 0 Å². The van der Waals surface area contributed by atoms with Gasteiger partial charge in [0.15, 0.2) is 0 Å². The van der Waals surface area contributed by atoms with Gasteiger partial charge in [0, 0.05) is 11.3 Å². The van der Waals surface area contributed by atoms with Crippen LogP contribution in [0.2, 0.25) is 0 Å². The lowest BCUT2D eigenvalue weighted by atomic mass is 10.1. The first kappa shape index (κ1) is 15.6. The summed E-state index contributed by atoms with van der Waals surface area (Å²) in [6, 6.07) is 11.8. The molecule has 2 aromatic rings. The number of carbonyl (C=O) groups is 2. The van der Waals surface area contributed by atoms with E-state index in [1.807, 2.05) is 6.92 Å². The van der Waals surface area contributed by atoms with Crippen molar-refractivity contribution >= 4 is 17.6 Å². The molecular formula is C17H17NO4. The molecule has 114 valence electrons. The predicted octanol–water partition coefficient (Wildman–Crippen LogP) is 3.04. The zero-order chi connectivity index (χ0) is 16.1. The Morgan fingerprint density at radius 3 is 2.18 bits per heavy atom. The van der Waals surface area contributed by atoms with Crippen LogP contribution in [0.5, 0.6) is 5.75 Å². The molecule has 0 aliphatic heterocycles. The van der Waals surface area contributed by atoms with Crippen molar-refractivity contribution in [2.75, 3.05) is 19.5 Å². The van der Waals surface area contributed by atoms with Gasteiger partial charge in [-0.2, -0.15) is 0 Å². The van der Waals surface area contributed by atoms with Crippen LogP contribution in [-0.4, -0.2) is 26.1 Å². The van der Waals surface area contributed by atoms with Gasteiger partial charge in [-0.05, 0) is 48.9 Å². The summed E-state index contributed by atoms with van der Waals surface area (Å²) in [6.45, 7) is 1.85. The number of nitrogens with one attached hydrogen (secondary N) is 1. The largest absolute Gasteiger partial charge is 0.497 e. The van der Waals surface area contributed by atoms with Gasteiger partial charge in [-0.25, -0.2) is 4.79 Å². The highest BCUT2D eigenvalue weighted by molar-refractivity contribution is 6.05. The maximum atomic E-state index is 12.2. The number of hydrogen-bond donors (Lipinski definition) is 1. The summed E-state index contributed by atoms with van der Waals surface area (Å²) in [5, 5.41) is 2.80. The van der Waals surface area contributed by atoms with Gasteiger partial charge >= 0.3 is 5.97 Å². The highest BCUT2D eigenvalue weighted by Crippen LogP contribution is 2.19. The molecule has 1 N–H and O–H groups in total. The van der Waals surface area contributed by atoms with Gasteiger partial charge in [0.25, 0.3) is 5.91 Å². The molecule has 0 aliphatic rings. The molecule has 0 atom stereocenters. The first-order chi connectivity index (χ1) is 10.5. The second kappa shape index (κ2) is 6.76. The number of amides is 1. The van der Waals surface area contributed by atoms with E-state index in [9.17, 15) is 9.59 Å². The van der Waals surface area contributed by atoms with E-state index in [1.165, 1.54) is 7.11 Å². The summed E-state index contributed by atoms with van der Waals surface area (Å²) in [6.07, 6.45) is 0. The molecule has 5 heteroatoms. The average Bonchev–Trinajstić information content (AvgIpc) is 2.56. The summed E-state index contributed by atoms with van der Waals surface area (Å²) >= 11 is 0. The van der Waals surface area contributed by atoms with Crippen LogP contribution in [0.15, 0.2) is 42.5 Å². The van der Waals surface area contributed by atoms with E-state index < -0.39 is 5.97 Å². The minimum absolute atomic E-state index is 0.257. The summed E-state index contributed by atoms with van der Waals surface area (Å²) in [4.78, 5) is 23.8. The topological polar surface area (TPSA) is 64.6 Å². The molecule has 0 aliphatic carbocycles. The molecule has 0 heterocycles. The molecule has 0 bridgehead atoms. The highest BCUT2D eigenvalue weighted by Gasteiger charge is 2.11. The van der Waals surface area contributed by atoms with Crippen LogP contribution in [-0.2, 0) is 4.74 Å². The third-order valence-electron chi connectivity index (χ3n) is 3.26. The number of benzene rings is 2. The van der Waals surface area contributed by atoms with E-state index in [0.717, 1.165) is 5.56 Å². The highest BCUT2D eigenvalue weighted by atomic mass is 16.5. The second-order valence-electron chi connectivity index (χ2n) is 4.70. The van der Waals surface area contributed by atoms with E-state index in [4.69, 9.17) is 4.74 Å². The number of aryl methyl sites for hydroxylation is 1. The van der Waals surface area contributed by atoms with E-state index in [-0.39, 0.29) is 5.91 Å². The summed E-state index contributed by atoms with van der Waals surface area (Å²) < 4.78 is 9.74. The van der Waals surface area contributed by atoms with Gasteiger partial charge in [-0.1, -0.05) is 6.07 Å². The van der Waals surface area contributed by atoms with Crippen LogP contribution in [0.3, 0.4) is 0 Å². The Morgan fingerprint density at radius 1 is 0.955 bits per heavy atom. The summed E-state index contributed by atoms with van der Waals surface area (Å²) in [5.41, 5.74) is 2.32. The fourth-order valence-corrected chi connectivity index (χ4v) is 1.94.